The Bertz CT molecular complexity index is 607. The fraction of sp³-hybridized carbons (Fsp3) is 0.455. The third kappa shape index (κ3) is 2.85. The van der Waals surface area contributed by atoms with Crippen molar-refractivity contribution >= 4 is 11.7 Å². The number of hydrogen-bond acceptors (Lipinski definition) is 6. The van der Waals surface area contributed by atoms with Gasteiger partial charge in [-0.2, -0.15) is 4.98 Å². The standard InChI is InChI=1S/C11H15N5O3/c1-7-3-4-12-10-14-8(15-16(7)10)9(18)13-5-11(2,19)6-17/h3-4,17,19H,5-6H2,1-2H3,(H,13,18). The van der Waals surface area contributed by atoms with Gasteiger partial charge in [-0.3, -0.25) is 4.79 Å². The maximum Gasteiger partial charge on any atom is 0.291 e. The van der Waals surface area contributed by atoms with Crippen LogP contribution in [-0.2, 0) is 0 Å². The normalized spacial score (nSPS) is 14.3. The Morgan fingerprint density at radius 1 is 1.58 bits per heavy atom. The highest BCUT2D eigenvalue weighted by Gasteiger charge is 2.22. The van der Waals surface area contributed by atoms with E-state index in [0.29, 0.717) is 5.78 Å². The molecule has 0 spiro atoms. The van der Waals surface area contributed by atoms with Gasteiger partial charge in [0.1, 0.15) is 5.60 Å². The van der Waals surface area contributed by atoms with E-state index in [2.05, 4.69) is 20.4 Å². The summed E-state index contributed by atoms with van der Waals surface area (Å²) in [5.74, 6) is -0.228. The monoisotopic (exact) mass is 265 g/mol. The lowest BCUT2D eigenvalue weighted by Gasteiger charge is -2.19. The summed E-state index contributed by atoms with van der Waals surface area (Å²) in [6.07, 6.45) is 1.58. The highest BCUT2D eigenvalue weighted by molar-refractivity contribution is 5.90. The smallest absolute Gasteiger partial charge is 0.291 e. The molecule has 102 valence electrons. The number of aromatic nitrogens is 4. The van der Waals surface area contributed by atoms with Gasteiger partial charge in [-0.1, -0.05) is 0 Å². The molecule has 1 amide bonds. The molecule has 0 saturated heterocycles. The molecule has 0 saturated carbocycles. The van der Waals surface area contributed by atoms with Crippen LogP contribution in [0.1, 0.15) is 23.2 Å². The highest BCUT2D eigenvalue weighted by atomic mass is 16.3. The maximum atomic E-state index is 11.8. The minimum Gasteiger partial charge on any atom is -0.393 e. The zero-order valence-electron chi connectivity index (χ0n) is 10.7. The summed E-state index contributed by atoms with van der Waals surface area (Å²) in [7, 11) is 0. The number of carbonyl (C=O) groups excluding carboxylic acids is 1. The lowest BCUT2D eigenvalue weighted by Crippen LogP contribution is -2.43. The van der Waals surface area contributed by atoms with Crippen LogP contribution in [0.2, 0.25) is 0 Å². The summed E-state index contributed by atoms with van der Waals surface area (Å²) in [6.45, 7) is 2.69. The molecule has 3 N–H and O–H groups in total. The average molecular weight is 265 g/mol. The Hall–Kier alpha value is -2.06. The van der Waals surface area contributed by atoms with Crippen molar-refractivity contribution in [3.05, 3.63) is 23.8 Å². The first kappa shape index (κ1) is 13.4. The number of aryl methyl sites for hydroxylation is 1. The molecule has 2 heterocycles. The van der Waals surface area contributed by atoms with Crippen LogP contribution in [0.4, 0.5) is 0 Å². The summed E-state index contributed by atoms with van der Waals surface area (Å²) in [5, 5.41) is 24.9. The van der Waals surface area contributed by atoms with Crippen LogP contribution in [-0.4, -0.2) is 54.5 Å². The quantitative estimate of drug-likeness (QED) is 0.647. The molecule has 0 bridgehead atoms. The number of amides is 1. The first-order chi connectivity index (χ1) is 8.93. The molecular formula is C11H15N5O3. The van der Waals surface area contributed by atoms with E-state index in [0.717, 1.165) is 5.69 Å². The second-order valence-electron chi connectivity index (χ2n) is 4.57. The Morgan fingerprint density at radius 3 is 2.95 bits per heavy atom. The molecule has 8 nitrogen and oxygen atoms in total. The van der Waals surface area contributed by atoms with Gasteiger partial charge >= 0.3 is 0 Å². The molecule has 8 heteroatoms. The van der Waals surface area contributed by atoms with E-state index < -0.39 is 18.1 Å². The van der Waals surface area contributed by atoms with Crippen LogP contribution < -0.4 is 5.32 Å². The van der Waals surface area contributed by atoms with Crippen molar-refractivity contribution in [2.24, 2.45) is 0 Å². The lowest BCUT2D eigenvalue weighted by atomic mass is 10.1. The number of aliphatic hydroxyl groups is 2. The number of rotatable bonds is 4. The van der Waals surface area contributed by atoms with Crippen molar-refractivity contribution in [1.29, 1.82) is 0 Å². The summed E-state index contributed by atoms with van der Waals surface area (Å²) < 4.78 is 1.46. The Morgan fingerprint density at radius 2 is 2.32 bits per heavy atom. The van der Waals surface area contributed by atoms with Crippen molar-refractivity contribution in [2.45, 2.75) is 19.4 Å². The van der Waals surface area contributed by atoms with Crippen LogP contribution >= 0.6 is 0 Å². The molecule has 0 aliphatic heterocycles. The molecule has 2 aromatic heterocycles. The van der Waals surface area contributed by atoms with Crippen LogP contribution in [0.15, 0.2) is 12.3 Å². The zero-order chi connectivity index (χ0) is 14.0. The summed E-state index contributed by atoms with van der Waals surface area (Å²) in [6, 6.07) is 1.75. The molecule has 0 radical (unpaired) electrons. The first-order valence-electron chi connectivity index (χ1n) is 5.73. The molecule has 2 rings (SSSR count). The van der Waals surface area contributed by atoms with Crippen molar-refractivity contribution < 1.29 is 15.0 Å². The van der Waals surface area contributed by atoms with Crippen LogP contribution in [0.3, 0.4) is 0 Å². The largest absolute Gasteiger partial charge is 0.393 e. The third-order valence-corrected chi connectivity index (χ3v) is 2.60. The highest BCUT2D eigenvalue weighted by Crippen LogP contribution is 2.03. The predicted molar refractivity (Wildman–Crippen MR) is 65.6 cm³/mol. The van der Waals surface area contributed by atoms with Crippen molar-refractivity contribution in [2.75, 3.05) is 13.2 Å². The van der Waals surface area contributed by atoms with Crippen molar-refractivity contribution in [1.82, 2.24) is 24.9 Å². The van der Waals surface area contributed by atoms with Gasteiger partial charge in [0, 0.05) is 18.4 Å². The molecule has 0 fully saturated rings. The number of aliphatic hydroxyl groups excluding tert-OH is 1. The number of fused-ring (bicyclic) bond motifs is 1. The minimum absolute atomic E-state index is 0.0319. The number of hydrogen-bond donors (Lipinski definition) is 3. The van der Waals surface area contributed by atoms with Crippen LogP contribution in [0, 0.1) is 6.92 Å². The molecular weight excluding hydrogens is 250 g/mol. The Labute approximate surface area is 109 Å². The molecule has 0 aliphatic rings. The molecule has 0 aliphatic carbocycles. The lowest BCUT2D eigenvalue weighted by molar-refractivity contribution is 0.00312. The van der Waals surface area contributed by atoms with Crippen LogP contribution in [0.25, 0.3) is 5.78 Å². The fourth-order valence-electron chi connectivity index (χ4n) is 1.41. The molecule has 0 aromatic carbocycles. The summed E-state index contributed by atoms with van der Waals surface area (Å²) in [5.41, 5.74) is -0.567. The zero-order valence-corrected chi connectivity index (χ0v) is 10.7. The minimum atomic E-state index is -1.37. The number of carbonyl (C=O) groups is 1. The third-order valence-electron chi connectivity index (χ3n) is 2.60. The SMILES string of the molecule is Cc1ccnc2nc(C(=O)NCC(C)(O)CO)nn12. The van der Waals surface area contributed by atoms with E-state index in [1.165, 1.54) is 11.4 Å². The first-order valence-corrected chi connectivity index (χ1v) is 5.73. The van der Waals surface area contributed by atoms with Gasteiger partial charge < -0.3 is 15.5 Å². The van der Waals surface area contributed by atoms with Gasteiger partial charge in [0.15, 0.2) is 0 Å². The number of nitrogens with one attached hydrogen (secondary N) is 1. The average Bonchev–Trinajstić information content (AvgIpc) is 2.81. The second-order valence-corrected chi connectivity index (χ2v) is 4.57. The van der Waals surface area contributed by atoms with E-state index in [-0.39, 0.29) is 12.4 Å². The Kier molecular flexibility index (Phi) is 3.45. The molecule has 1 atom stereocenters. The van der Waals surface area contributed by atoms with E-state index in [9.17, 15) is 9.90 Å². The van der Waals surface area contributed by atoms with Gasteiger partial charge in [0.2, 0.25) is 5.82 Å². The van der Waals surface area contributed by atoms with Crippen molar-refractivity contribution in [3.8, 4) is 0 Å². The van der Waals surface area contributed by atoms with Gasteiger partial charge in [-0.15, -0.1) is 5.10 Å². The maximum absolute atomic E-state index is 11.8. The van der Waals surface area contributed by atoms with Crippen LogP contribution in [0.5, 0.6) is 0 Å². The van der Waals surface area contributed by atoms with Crippen molar-refractivity contribution in [3.63, 3.8) is 0 Å². The van der Waals surface area contributed by atoms with Gasteiger partial charge in [0.05, 0.1) is 6.61 Å². The number of nitrogens with zero attached hydrogens (tertiary/aromatic N) is 4. The molecule has 1 unspecified atom stereocenters. The van der Waals surface area contributed by atoms with E-state index >= 15 is 0 Å². The van der Waals surface area contributed by atoms with E-state index in [1.54, 1.807) is 12.3 Å². The fourth-order valence-corrected chi connectivity index (χ4v) is 1.41. The second kappa shape index (κ2) is 4.90. The molecule has 19 heavy (non-hydrogen) atoms. The van der Waals surface area contributed by atoms with Gasteiger partial charge in [-0.25, -0.2) is 9.50 Å². The van der Waals surface area contributed by atoms with E-state index in [4.69, 9.17) is 5.11 Å². The summed E-state index contributed by atoms with van der Waals surface area (Å²) >= 11 is 0. The van der Waals surface area contributed by atoms with E-state index in [1.807, 2.05) is 6.92 Å². The van der Waals surface area contributed by atoms with Gasteiger partial charge in [-0.05, 0) is 19.9 Å². The predicted octanol–water partition coefficient (Wildman–Crippen LogP) is -1.09. The topological polar surface area (TPSA) is 113 Å². The Balaban J connectivity index is 2.16. The van der Waals surface area contributed by atoms with Gasteiger partial charge in [0.25, 0.3) is 11.7 Å². The summed E-state index contributed by atoms with van der Waals surface area (Å²) in [4.78, 5) is 19.8. The molecule has 2 aromatic rings.